The molecular formula is C29H33F2N3O4S. The summed E-state index contributed by atoms with van der Waals surface area (Å²) in [6.45, 7) is 6.28. The van der Waals surface area contributed by atoms with E-state index >= 15 is 0 Å². The van der Waals surface area contributed by atoms with E-state index in [4.69, 9.17) is 0 Å². The molecule has 3 rings (SSSR count). The molecule has 0 aliphatic rings. The van der Waals surface area contributed by atoms with Crippen LogP contribution in [0, 0.1) is 11.6 Å². The van der Waals surface area contributed by atoms with E-state index < -0.39 is 51.6 Å². The van der Waals surface area contributed by atoms with Crippen LogP contribution < -0.4 is 9.62 Å². The van der Waals surface area contributed by atoms with Gasteiger partial charge in [-0.05, 0) is 69.2 Å². The molecular weight excluding hydrogens is 524 g/mol. The number of para-hydroxylation sites is 1. The molecule has 0 fully saturated rings. The highest BCUT2D eigenvalue weighted by atomic mass is 32.2. The molecule has 7 nitrogen and oxygen atoms in total. The second kappa shape index (κ2) is 12.4. The molecule has 0 spiro atoms. The van der Waals surface area contributed by atoms with Crippen LogP contribution in [0.5, 0.6) is 0 Å². The molecule has 0 saturated heterocycles. The number of benzene rings is 3. The zero-order valence-electron chi connectivity index (χ0n) is 22.4. The number of nitrogens with one attached hydrogen (secondary N) is 1. The van der Waals surface area contributed by atoms with Crippen LogP contribution >= 0.6 is 0 Å². The van der Waals surface area contributed by atoms with Gasteiger partial charge in [-0.1, -0.05) is 49.4 Å². The second-order valence-electron chi connectivity index (χ2n) is 10.1. The second-order valence-corrected chi connectivity index (χ2v) is 11.9. The Bertz CT molecular complexity index is 1390. The van der Waals surface area contributed by atoms with Crippen LogP contribution in [0.3, 0.4) is 0 Å². The van der Waals surface area contributed by atoms with E-state index in [1.165, 1.54) is 71.6 Å². The van der Waals surface area contributed by atoms with Crippen LogP contribution in [-0.4, -0.2) is 43.3 Å². The van der Waals surface area contributed by atoms with Crippen molar-refractivity contribution in [3.63, 3.8) is 0 Å². The third-order valence-corrected chi connectivity index (χ3v) is 7.66. The van der Waals surface area contributed by atoms with Crippen LogP contribution in [0.2, 0.25) is 0 Å². The quantitative estimate of drug-likeness (QED) is 0.385. The summed E-state index contributed by atoms with van der Waals surface area (Å²) in [5, 5.41) is 2.87. The summed E-state index contributed by atoms with van der Waals surface area (Å²) >= 11 is 0. The third-order valence-electron chi connectivity index (χ3n) is 5.88. The van der Waals surface area contributed by atoms with Gasteiger partial charge < -0.3 is 10.2 Å². The molecule has 3 aromatic rings. The van der Waals surface area contributed by atoms with E-state index in [1.807, 2.05) is 0 Å². The van der Waals surface area contributed by atoms with Gasteiger partial charge in [0, 0.05) is 12.1 Å². The van der Waals surface area contributed by atoms with Gasteiger partial charge in [-0.25, -0.2) is 17.2 Å². The van der Waals surface area contributed by atoms with Crippen molar-refractivity contribution in [1.82, 2.24) is 10.2 Å². The highest BCUT2D eigenvalue weighted by Crippen LogP contribution is 2.27. The van der Waals surface area contributed by atoms with Crippen LogP contribution in [-0.2, 0) is 26.2 Å². The van der Waals surface area contributed by atoms with E-state index in [1.54, 1.807) is 33.8 Å². The maximum atomic E-state index is 14.9. The molecule has 0 bridgehead atoms. The summed E-state index contributed by atoms with van der Waals surface area (Å²) in [7, 11) is -4.37. The summed E-state index contributed by atoms with van der Waals surface area (Å²) in [6.07, 6.45) is 0.222. The molecule has 1 atom stereocenters. The Morgan fingerprint density at radius 3 is 2.05 bits per heavy atom. The Kier molecular flexibility index (Phi) is 9.45. The highest BCUT2D eigenvalue weighted by molar-refractivity contribution is 7.92. The number of anilines is 1. The van der Waals surface area contributed by atoms with Gasteiger partial charge in [-0.2, -0.15) is 0 Å². The predicted molar refractivity (Wildman–Crippen MR) is 146 cm³/mol. The van der Waals surface area contributed by atoms with Crippen LogP contribution in [0.15, 0.2) is 83.8 Å². The Balaban J connectivity index is 2.07. The van der Waals surface area contributed by atoms with Crippen molar-refractivity contribution in [2.24, 2.45) is 0 Å². The first-order valence-electron chi connectivity index (χ1n) is 12.5. The fourth-order valence-corrected chi connectivity index (χ4v) is 5.49. The molecule has 39 heavy (non-hydrogen) atoms. The molecule has 0 radical (unpaired) electrons. The van der Waals surface area contributed by atoms with E-state index in [2.05, 4.69) is 5.32 Å². The van der Waals surface area contributed by atoms with Gasteiger partial charge in [0.2, 0.25) is 11.8 Å². The van der Waals surface area contributed by atoms with Gasteiger partial charge in [0.25, 0.3) is 10.0 Å². The zero-order chi connectivity index (χ0) is 28.8. The number of amides is 2. The number of carbonyl (C=O) groups excluding carboxylic acids is 2. The minimum Gasteiger partial charge on any atom is -0.350 e. The molecule has 0 saturated carbocycles. The van der Waals surface area contributed by atoms with Gasteiger partial charge in [-0.3, -0.25) is 13.9 Å². The van der Waals surface area contributed by atoms with Crippen molar-refractivity contribution in [3.8, 4) is 0 Å². The zero-order valence-corrected chi connectivity index (χ0v) is 23.2. The minimum absolute atomic E-state index is 0.0916. The molecule has 0 heterocycles. The van der Waals surface area contributed by atoms with Crippen molar-refractivity contribution in [2.75, 3.05) is 10.8 Å². The number of hydrogen-bond donors (Lipinski definition) is 1. The van der Waals surface area contributed by atoms with Gasteiger partial charge in [0.1, 0.15) is 24.2 Å². The maximum absolute atomic E-state index is 14.9. The van der Waals surface area contributed by atoms with Crippen molar-refractivity contribution in [2.45, 2.75) is 57.1 Å². The third kappa shape index (κ3) is 7.63. The SMILES string of the molecule is CCC(C(=O)NC(C)(C)C)N(Cc1ccc(F)cc1)C(=O)CN(c1ccccc1F)S(=O)(=O)c1ccccc1. The number of nitrogens with zero attached hydrogens (tertiary/aromatic N) is 2. The summed E-state index contributed by atoms with van der Waals surface area (Å²) in [4.78, 5) is 28.3. The number of hydrogen-bond acceptors (Lipinski definition) is 4. The number of rotatable bonds is 10. The van der Waals surface area contributed by atoms with Crippen LogP contribution in [0.25, 0.3) is 0 Å². The number of halogens is 2. The highest BCUT2D eigenvalue weighted by Gasteiger charge is 2.35. The van der Waals surface area contributed by atoms with Crippen molar-refractivity contribution < 1.29 is 26.8 Å². The molecule has 208 valence electrons. The molecule has 10 heteroatoms. The fourth-order valence-electron chi connectivity index (χ4n) is 4.05. The first kappa shape index (κ1) is 29.8. The van der Waals surface area contributed by atoms with Gasteiger partial charge >= 0.3 is 0 Å². The Labute approximate surface area is 228 Å². The van der Waals surface area contributed by atoms with Crippen molar-refractivity contribution in [1.29, 1.82) is 0 Å². The average Bonchev–Trinajstić information content (AvgIpc) is 2.88. The molecule has 2 amide bonds. The lowest BCUT2D eigenvalue weighted by Crippen LogP contribution is -2.55. The maximum Gasteiger partial charge on any atom is 0.264 e. The molecule has 0 aliphatic carbocycles. The summed E-state index contributed by atoms with van der Waals surface area (Å²) < 4.78 is 56.5. The topological polar surface area (TPSA) is 86.8 Å². The standard InChI is InChI=1S/C29H33F2N3O4S/c1-5-25(28(36)32-29(2,3)4)33(19-21-15-17-22(30)18-16-21)27(35)20-34(26-14-10-9-13-24(26)31)39(37,38)23-11-7-6-8-12-23/h6-18,25H,5,19-20H2,1-4H3,(H,32,36). The number of sulfonamides is 1. The lowest BCUT2D eigenvalue weighted by Gasteiger charge is -2.34. The van der Waals surface area contributed by atoms with E-state index in [0.717, 1.165) is 6.07 Å². The van der Waals surface area contributed by atoms with E-state index in [9.17, 15) is 26.8 Å². The lowest BCUT2D eigenvalue weighted by molar-refractivity contribution is -0.141. The Hall–Kier alpha value is -3.79. The Morgan fingerprint density at radius 2 is 1.49 bits per heavy atom. The lowest BCUT2D eigenvalue weighted by atomic mass is 10.1. The average molecular weight is 558 g/mol. The first-order valence-corrected chi connectivity index (χ1v) is 14.0. The largest absolute Gasteiger partial charge is 0.350 e. The smallest absolute Gasteiger partial charge is 0.264 e. The first-order chi connectivity index (χ1) is 18.3. The monoisotopic (exact) mass is 557 g/mol. The fraction of sp³-hybridized carbons (Fsp3) is 0.310. The van der Waals surface area contributed by atoms with Crippen molar-refractivity contribution in [3.05, 3.63) is 96.1 Å². The molecule has 1 unspecified atom stereocenters. The van der Waals surface area contributed by atoms with Crippen LogP contribution in [0.1, 0.15) is 39.7 Å². The molecule has 0 aromatic heterocycles. The summed E-state index contributed by atoms with van der Waals surface area (Å²) in [6, 6.07) is 17.1. The minimum atomic E-state index is -4.37. The normalized spacial score (nSPS) is 12.5. The predicted octanol–water partition coefficient (Wildman–Crippen LogP) is 4.88. The van der Waals surface area contributed by atoms with Crippen LogP contribution in [0.4, 0.5) is 14.5 Å². The van der Waals surface area contributed by atoms with Crippen molar-refractivity contribution >= 4 is 27.5 Å². The summed E-state index contributed by atoms with van der Waals surface area (Å²) in [5.74, 6) is -2.44. The molecule has 0 aliphatic heterocycles. The van der Waals surface area contributed by atoms with Gasteiger partial charge in [0.15, 0.2) is 0 Å². The van der Waals surface area contributed by atoms with E-state index in [-0.39, 0.29) is 23.5 Å². The van der Waals surface area contributed by atoms with Gasteiger partial charge in [0.05, 0.1) is 10.6 Å². The summed E-state index contributed by atoms with van der Waals surface area (Å²) in [5.41, 5.74) is -0.357. The number of carbonyl (C=O) groups is 2. The molecule has 1 N–H and O–H groups in total. The van der Waals surface area contributed by atoms with Gasteiger partial charge in [-0.15, -0.1) is 0 Å². The molecule has 3 aromatic carbocycles. The van der Waals surface area contributed by atoms with E-state index in [0.29, 0.717) is 9.87 Å². The Morgan fingerprint density at radius 1 is 0.897 bits per heavy atom.